The maximum atomic E-state index is 15.0. The molecule has 0 aliphatic rings. The van der Waals surface area contributed by atoms with Crippen molar-refractivity contribution in [3.63, 3.8) is 0 Å². The average molecular weight is 1530 g/mol. The highest BCUT2D eigenvalue weighted by atomic mass is 16.4. The van der Waals surface area contributed by atoms with Gasteiger partial charge < -0.3 is 133 Å². The molecule has 4 aromatic rings. The lowest BCUT2D eigenvalue weighted by Gasteiger charge is -2.28. The van der Waals surface area contributed by atoms with Crippen molar-refractivity contribution in [3.05, 3.63) is 95.7 Å². The van der Waals surface area contributed by atoms with Gasteiger partial charge in [0.15, 0.2) is 6.04 Å². The van der Waals surface area contributed by atoms with Gasteiger partial charge in [0.05, 0.1) is 45.1 Å². The standard InChI is InChI=1S/C71H107N17O21/c1-38(2)28-46(75)60(97)81-51(29-40-17-21-43(94)22-18-40)65(102)82-52(30-41-19-23-44(95)24-20-41)66(103)83-53(31-42-32-76-47-13-5-4-12-45(42)47)67(104)80-49(15-7-10-26-73)63(100)85-55(35-90)69(106)87-57(37-92)70(107)86-56(36-91)68(105)84-54(34-89)61(98)77-33-58(96)78-48(14-6-9-25-72)62(99)79-50(16-8-11-27-74)64(101)88-59(39(3)93)71(108)109/h4-5,12-13,17-24,32,38-39,46,48-57,59,76,89-95H,6-11,14-16,25-31,33-37,72-75H2,1-3H3,(H,77,98)(H,78,96)(H,79,99)(H,80,104)(H,81,97)(H,82,102)(H,83,103)(H,84,105)(H,85,100)(H,86,107)(H,87,106)(H,88,101)(H,108,109)/t39-,46+,48+,49+,50+,51+,52+,53+,54+,55+,56+,57+,59+/m1/s1. The molecule has 38 nitrogen and oxygen atoms in total. The van der Waals surface area contributed by atoms with E-state index < -0.39 is 188 Å². The summed E-state index contributed by atoms with van der Waals surface area (Å²) < 4.78 is 0. The third-order valence-electron chi connectivity index (χ3n) is 17.3. The van der Waals surface area contributed by atoms with Crippen molar-refractivity contribution >= 4 is 87.8 Å². The van der Waals surface area contributed by atoms with Gasteiger partial charge in [-0.1, -0.05) is 56.3 Å². The van der Waals surface area contributed by atoms with Crippen LogP contribution in [0.4, 0.5) is 0 Å². The fourth-order valence-electron chi connectivity index (χ4n) is 11.2. The van der Waals surface area contributed by atoms with Crippen LogP contribution in [0.2, 0.25) is 0 Å². The third kappa shape index (κ3) is 31.0. The summed E-state index contributed by atoms with van der Waals surface area (Å²) in [6.45, 7) is -0.211. The summed E-state index contributed by atoms with van der Waals surface area (Å²) in [6.07, 6.45) is 1.34. The summed E-state index contributed by atoms with van der Waals surface area (Å²) in [5.41, 5.74) is 25.4. The molecule has 1 heterocycles. The number of aromatic nitrogens is 1. The number of phenolic OH excluding ortho intramolecular Hbond substituents is 2. The van der Waals surface area contributed by atoms with Crippen molar-refractivity contribution in [2.45, 2.75) is 183 Å². The predicted molar refractivity (Wildman–Crippen MR) is 394 cm³/mol. The number of aliphatic carboxylic acids is 1. The van der Waals surface area contributed by atoms with Gasteiger partial charge in [-0.25, -0.2) is 4.79 Å². The summed E-state index contributed by atoms with van der Waals surface area (Å²) in [7, 11) is 0. The van der Waals surface area contributed by atoms with Crippen LogP contribution in [0, 0.1) is 5.92 Å². The Morgan fingerprint density at radius 2 is 0.752 bits per heavy atom. The molecule has 0 bridgehead atoms. The van der Waals surface area contributed by atoms with Crippen LogP contribution in [-0.4, -0.2) is 254 Å². The molecule has 0 unspecified atom stereocenters. The average Bonchev–Trinajstić information content (AvgIpc) is 1.73. The molecule has 1 aromatic heterocycles. The van der Waals surface area contributed by atoms with E-state index in [1.54, 1.807) is 30.5 Å². The van der Waals surface area contributed by atoms with Crippen molar-refractivity contribution in [3.8, 4) is 11.5 Å². The lowest BCUT2D eigenvalue weighted by Crippen LogP contribution is -2.62. The smallest absolute Gasteiger partial charge is 0.328 e. The first-order valence-electron chi connectivity index (χ1n) is 35.8. The number of nitrogens with two attached hydrogens (primary N) is 4. The molecule has 38 heteroatoms. The molecule has 0 fully saturated rings. The highest BCUT2D eigenvalue weighted by Crippen LogP contribution is 2.21. The maximum Gasteiger partial charge on any atom is 0.328 e. The first kappa shape index (κ1) is 90.9. The Bertz CT molecular complexity index is 3640. The van der Waals surface area contributed by atoms with E-state index in [1.807, 2.05) is 13.8 Å². The first-order chi connectivity index (χ1) is 51.9. The number of carboxylic acids is 1. The number of nitrogens with one attached hydrogen (secondary N) is 13. The predicted octanol–water partition coefficient (Wildman–Crippen LogP) is -6.75. The van der Waals surface area contributed by atoms with Gasteiger partial charge in [-0.15, -0.1) is 0 Å². The largest absolute Gasteiger partial charge is 0.508 e. The molecular formula is C71H107N17O21. The van der Waals surface area contributed by atoms with Crippen molar-refractivity contribution in [2.75, 3.05) is 52.6 Å². The lowest BCUT2D eigenvalue weighted by atomic mass is 9.99. The van der Waals surface area contributed by atoms with E-state index in [9.17, 15) is 103 Å². The lowest BCUT2D eigenvalue weighted by molar-refractivity contribution is -0.145. The van der Waals surface area contributed by atoms with E-state index in [0.29, 0.717) is 53.3 Å². The Labute approximate surface area is 628 Å². The van der Waals surface area contributed by atoms with Crippen LogP contribution in [0.3, 0.4) is 0 Å². The maximum absolute atomic E-state index is 15.0. The van der Waals surface area contributed by atoms with Gasteiger partial charge >= 0.3 is 5.97 Å². The highest BCUT2D eigenvalue weighted by Gasteiger charge is 2.37. The van der Waals surface area contributed by atoms with Crippen molar-refractivity contribution < 1.29 is 103 Å². The number of phenols is 2. The number of para-hydroxylation sites is 1. The molecule has 0 aliphatic carbocycles. The molecule has 29 N–H and O–H groups in total. The van der Waals surface area contributed by atoms with Crippen molar-refractivity contribution in [1.29, 1.82) is 0 Å². The van der Waals surface area contributed by atoms with Crippen LogP contribution in [0.1, 0.15) is 102 Å². The second kappa shape index (κ2) is 47.4. The molecule has 602 valence electrons. The van der Waals surface area contributed by atoms with Crippen LogP contribution in [0.25, 0.3) is 10.9 Å². The van der Waals surface area contributed by atoms with E-state index in [4.69, 9.17) is 22.9 Å². The van der Waals surface area contributed by atoms with Crippen LogP contribution in [0.15, 0.2) is 79.0 Å². The zero-order valence-electron chi connectivity index (χ0n) is 61.1. The van der Waals surface area contributed by atoms with Gasteiger partial charge in [-0.2, -0.15) is 0 Å². The first-order valence-corrected chi connectivity index (χ1v) is 35.8. The fraction of sp³-hybridized carbons (Fsp3) is 0.535. The quantitative estimate of drug-likeness (QED) is 0.0183. The second-order valence-corrected chi connectivity index (χ2v) is 26.6. The molecule has 0 saturated heterocycles. The molecule has 0 aliphatic heterocycles. The minimum atomic E-state index is -2.00. The molecule has 0 saturated carbocycles. The van der Waals surface area contributed by atoms with E-state index >= 15 is 0 Å². The van der Waals surface area contributed by atoms with E-state index in [-0.39, 0.29) is 94.8 Å². The van der Waals surface area contributed by atoms with Crippen molar-refractivity contribution in [1.82, 2.24) is 68.8 Å². The number of H-pyrrole nitrogens is 1. The minimum Gasteiger partial charge on any atom is -0.508 e. The zero-order valence-corrected chi connectivity index (χ0v) is 61.1. The number of aromatic hydroxyl groups is 2. The van der Waals surface area contributed by atoms with Gasteiger partial charge in [-0.3, -0.25) is 57.5 Å². The Morgan fingerprint density at radius 3 is 1.14 bits per heavy atom. The number of aromatic amines is 1. The van der Waals surface area contributed by atoms with Crippen LogP contribution >= 0.6 is 0 Å². The number of hydrogen-bond acceptors (Lipinski definition) is 24. The number of carboxylic acid groups (broad SMARTS) is 1. The van der Waals surface area contributed by atoms with Crippen molar-refractivity contribution in [2.24, 2.45) is 28.9 Å². The molecule has 109 heavy (non-hydrogen) atoms. The molecular weight excluding hydrogens is 1430 g/mol. The SMILES string of the molecule is CC(C)C[C@H](N)C(=O)N[C@@H](Cc1ccc(O)cc1)C(=O)N[C@@H](Cc1ccc(O)cc1)C(=O)N[C@@H](Cc1c[nH]c2ccccc12)C(=O)N[C@@H](CCCCN)C(=O)N[C@@H](CO)C(=O)N[C@@H](CO)C(=O)N[C@@H](CO)C(=O)N[C@@H](CO)C(=O)NCC(=O)N[C@@H](CCCCN)C(=O)N[C@@H](CCCCN)C(=O)N[C@H](C(=O)O)[C@@H](C)O. The summed E-state index contributed by atoms with van der Waals surface area (Å²) in [5, 5.41) is 110. The Hall–Kier alpha value is -10.4. The van der Waals surface area contributed by atoms with E-state index in [0.717, 1.165) is 6.92 Å². The number of carbonyl (C=O) groups is 13. The molecule has 4 rings (SSSR count). The van der Waals surface area contributed by atoms with E-state index in [1.165, 1.54) is 48.5 Å². The minimum absolute atomic E-state index is 0.00340. The Kier molecular flexibility index (Phi) is 39.5. The summed E-state index contributed by atoms with van der Waals surface area (Å²) in [5.74, 6) is -14.3. The number of benzene rings is 3. The normalized spacial score (nSPS) is 14.8. The number of rotatable bonds is 50. The van der Waals surface area contributed by atoms with Gasteiger partial charge in [-0.05, 0) is 144 Å². The summed E-state index contributed by atoms with van der Waals surface area (Å²) in [6, 6.07) is -0.765. The van der Waals surface area contributed by atoms with Gasteiger partial charge in [0.2, 0.25) is 70.9 Å². The number of amides is 12. The summed E-state index contributed by atoms with van der Waals surface area (Å²) in [4.78, 5) is 181. The Balaban J connectivity index is 1.51. The molecule has 0 spiro atoms. The monoisotopic (exact) mass is 1530 g/mol. The number of unbranched alkanes of at least 4 members (excludes halogenated alkanes) is 3. The molecule has 0 radical (unpaired) electrons. The highest BCUT2D eigenvalue weighted by molar-refractivity contribution is 6.00. The number of fused-ring (bicyclic) bond motifs is 1. The second-order valence-electron chi connectivity index (χ2n) is 26.6. The van der Waals surface area contributed by atoms with Gasteiger partial charge in [0.1, 0.15) is 71.9 Å². The number of carbonyl (C=O) groups excluding carboxylic acids is 12. The Morgan fingerprint density at radius 1 is 0.413 bits per heavy atom. The molecule has 3 aromatic carbocycles. The number of hydrogen-bond donors (Lipinski definition) is 25. The topological polar surface area (TPSA) is 648 Å². The number of aliphatic hydroxyl groups excluding tert-OH is 5. The van der Waals surface area contributed by atoms with Crippen LogP contribution < -0.4 is 86.7 Å². The molecule has 13 atom stereocenters. The van der Waals surface area contributed by atoms with E-state index in [2.05, 4.69) is 68.8 Å². The zero-order chi connectivity index (χ0) is 80.9. The van der Waals surface area contributed by atoms with Crippen LogP contribution in [-0.2, 0) is 81.6 Å². The third-order valence-corrected chi connectivity index (χ3v) is 17.3. The molecule has 12 amide bonds. The van der Waals surface area contributed by atoms with Crippen LogP contribution in [0.5, 0.6) is 11.5 Å². The number of aliphatic hydroxyl groups is 5. The summed E-state index contributed by atoms with van der Waals surface area (Å²) >= 11 is 0. The van der Waals surface area contributed by atoms with Gasteiger partial charge in [0.25, 0.3) is 0 Å². The fourth-order valence-corrected chi connectivity index (χ4v) is 11.2. The van der Waals surface area contributed by atoms with Gasteiger partial charge in [0, 0.05) is 36.4 Å².